The van der Waals surface area contributed by atoms with Crippen molar-refractivity contribution in [3.8, 4) is 6.07 Å². The maximum absolute atomic E-state index is 13.6. The van der Waals surface area contributed by atoms with Gasteiger partial charge in [0.2, 0.25) is 5.95 Å². The van der Waals surface area contributed by atoms with Gasteiger partial charge >= 0.3 is 0 Å². The van der Waals surface area contributed by atoms with Gasteiger partial charge in [-0.25, -0.2) is 4.98 Å². The number of fused-ring (bicyclic) bond motifs is 3. The van der Waals surface area contributed by atoms with E-state index in [9.17, 15) is 10.1 Å². The van der Waals surface area contributed by atoms with E-state index in [-0.39, 0.29) is 11.6 Å². The molecule has 3 aromatic rings. The SMILES string of the molecule is N#Cc1ccccc1Cn1c(N2CCCC(N)C2)nc2c3c(sc2c1=O)CCC3. The summed E-state index contributed by atoms with van der Waals surface area (Å²) in [5.74, 6) is 0.692. The van der Waals surface area contributed by atoms with Crippen LogP contribution in [0.2, 0.25) is 0 Å². The highest BCUT2D eigenvalue weighted by molar-refractivity contribution is 7.19. The number of nitrogens with two attached hydrogens (primary N) is 1. The average Bonchev–Trinajstić information content (AvgIpc) is 3.32. The van der Waals surface area contributed by atoms with Crippen molar-refractivity contribution in [2.45, 2.75) is 44.7 Å². The molecule has 1 fully saturated rings. The molecule has 0 amide bonds. The molecule has 1 unspecified atom stereocenters. The van der Waals surface area contributed by atoms with E-state index in [1.165, 1.54) is 10.4 Å². The molecule has 1 atom stereocenters. The number of anilines is 1. The fraction of sp³-hybridized carbons (Fsp3) is 0.409. The molecule has 1 aliphatic carbocycles. The minimum atomic E-state index is -0.00344. The normalized spacial score (nSPS) is 18.8. The van der Waals surface area contributed by atoms with Crippen molar-refractivity contribution >= 4 is 27.5 Å². The predicted molar refractivity (Wildman–Crippen MR) is 116 cm³/mol. The molecular formula is C22H23N5OS. The van der Waals surface area contributed by atoms with Gasteiger partial charge in [-0.15, -0.1) is 11.3 Å². The van der Waals surface area contributed by atoms with Gasteiger partial charge in [0, 0.05) is 24.0 Å². The Morgan fingerprint density at radius 1 is 1.28 bits per heavy atom. The third-order valence-corrected chi connectivity index (χ3v) is 7.26. The van der Waals surface area contributed by atoms with E-state index in [1.54, 1.807) is 22.0 Å². The van der Waals surface area contributed by atoms with Gasteiger partial charge in [-0.3, -0.25) is 9.36 Å². The number of rotatable bonds is 3. The molecule has 0 saturated carbocycles. The van der Waals surface area contributed by atoms with Crippen LogP contribution in [-0.4, -0.2) is 28.7 Å². The minimum Gasteiger partial charge on any atom is -0.341 e. The molecule has 5 rings (SSSR count). The molecular weight excluding hydrogens is 382 g/mol. The van der Waals surface area contributed by atoms with Crippen molar-refractivity contribution < 1.29 is 0 Å². The summed E-state index contributed by atoms with van der Waals surface area (Å²) in [4.78, 5) is 22.1. The topological polar surface area (TPSA) is 87.9 Å². The van der Waals surface area contributed by atoms with Gasteiger partial charge in [-0.05, 0) is 49.3 Å². The average molecular weight is 406 g/mol. The van der Waals surface area contributed by atoms with Gasteiger partial charge in [0.15, 0.2) is 0 Å². The van der Waals surface area contributed by atoms with Crippen LogP contribution in [0.3, 0.4) is 0 Å². The molecule has 29 heavy (non-hydrogen) atoms. The van der Waals surface area contributed by atoms with Crippen molar-refractivity contribution in [1.29, 1.82) is 5.26 Å². The first kappa shape index (κ1) is 18.3. The molecule has 2 aliphatic rings. The Labute approximate surface area is 173 Å². The lowest BCUT2D eigenvalue weighted by atomic mass is 10.1. The fourth-order valence-corrected chi connectivity index (χ4v) is 5.82. The van der Waals surface area contributed by atoms with Crippen molar-refractivity contribution in [3.63, 3.8) is 0 Å². The number of nitrogens with zero attached hydrogens (tertiary/aromatic N) is 4. The smallest absolute Gasteiger partial charge is 0.273 e. The Morgan fingerprint density at radius 2 is 2.14 bits per heavy atom. The van der Waals surface area contributed by atoms with Crippen LogP contribution in [0.4, 0.5) is 5.95 Å². The lowest BCUT2D eigenvalue weighted by Crippen LogP contribution is -2.45. The third-order valence-electron chi connectivity index (χ3n) is 5.99. The number of benzene rings is 1. The summed E-state index contributed by atoms with van der Waals surface area (Å²) in [5.41, 5.74) is 9.80. The van der Waals surface area contributed by atoms with Crippen LogP contribution in [-0.2, 0) is 19.4 Å². The van der Waals surface area contributed by atoms with Crippen LogP contribution >= 0.6 is 11.3 Å². The number of piperidine rings is 1. The van der Waals surface area contributed by atoms with E-state index < -0.39 is 0 Å². The summed E-state index contributed by atoms with van der Waals surface area (Å²) in [6, 6.07) is 9.79. The van der Waals surface area contributed by atoms with Gasteiger partial charge < -0.3 is 10.6 Å². The van der Waals surface area contributed by atoms with Crippen LogP contribution in [0, 0.1) is 11.3 Å². The number of hydrogen-bond donors (Lipinski definition) is 1. The van der Waals surface area contributed by atoms with Crippen molar-refractivity contribution in [2.75, 3.05) is 18.0 Å². The van der Waals surface area contributed by atoms with Crippen molar-refractivity contribution in [2.24, 2.45) is 5.73 Å². The van der Waals surface area contributed by atoms with Gasteiger partial charge in [0.1, 0.15) is 4.70 Å². The van der Waals surface area contributed by atoms with Crippen LogP contribution in [0.15, 0.2) is 29.1 Å². The van der Waals surface area contributed by atoms with Crippen molar-refractivity contribution in [3.05, 3.63) is 56.2 Å². The Bertz CT molecular complexity index is 1190. The van der Waals surface area contributed by atoms with E-state index in [0.717, 1.165) is 54.4 Å². The highest BCUT2D eigenvalue weighted by atomic mass is 32.1. The molecule has 0 bridgehead atoms. The minimum absolute atomic E-state index is 0.00344. The number of hydrogen-bond acceptors (Lipinski definition) is 6. The maximum Gasteiger partial charge on any atom is 0.273 e. The highest BCUT2D eigenvalue weighted by Crippen LogP contribution is 2.36. The molecule has 3 heterocycles. The summed E-state index contributed by atoms with van der Waals surface area (Å²) in [6.45, 7) is 1.89. The zero-order chi connectivity index (χ0) is 20.0. The van der Waals surface area contributed by atoms with Crippen LogP contribution in [0.1, 0.15) is 40.8 Å². The third kappa shape index (κ3) is 3.13. The number of aryl methyl sites for hydroxylation is 2. The van der Waals surface area contributed by atoms with Crippen LogP contribution < -0.4 is 16.2 Å². The molecule has 1 aromatic carbocycles. The Morgan fingerprint density at radius 3 is 2.97 bits per heavy atom. The zero-order valence-electron chi connectivity index (χ0n) is 16.2. The number of thiophene rings is 1. The van der Waals surface area contributed by atoms with Gasteiger partial charge in [0.05, 0.1) is 23.7 Å². The molecule has 7 heteroatoms. The standard InChI is InChI=1S/C22H23N5OS/c23-11-14-5-1-2-6-15(14)12-27-21(28)20-19(17-8-3-9-18(17)29-20)25-22(27)26-10-4-7-16(24)13-26/h1-2,5-6,16H,3-4,7-10,12-13,24H2. The molecule has 0 radical (unpaired) electrons. The summed E-state index contributed by atoms with van der Waals surface area (Å²) >= 11 is 1.60. The molecule has 1 saturated heterocycles. The van der Waals surface area contributed by atoms with Crippen molar-refractivity contribution in [1.82, 2.24) is 9.55 Å². The monoisotopic (exact) mass is 405 g/mol. The first-order valence-corrected chi connectivity index (χ1v) is 11.0. The summed E-state index contributed by atoms with van der Waals surface area (Å²) in [5, 5.41) is 9.49. The molecule has 0 spiro atoms. The predicted octanol–water partition coefficient (Wildman–Crippen LogP) is 2.79. The van der Waals surface area contributed by atoms with Crippen LogP contribution in [0.5, 0.6) is 0 Å². The largest absolute Gasteiger partial charge is 0.341 e. The molecule has 6 nitrogen and oxygen atoms in total. The quantitative estimate of drug-likeness (QED) is 0.724. The molecule has 1 aliphatic heterocycles. The molecule has 2 N–H and O–H groups in total. The number of nitriles is 1. The highest BCUT2D eigenvalue weighted by Gasteiger charge is 2.27. The Kier molecular flexibility index (Phi) is 4.61. The maximum atomic E-state index is 13.6. The first-order chi connectivity index (χ1) is 14.2. The second kappa shape index (κ2) is 7.29. The van der Waals surface area contributed by atoms with E-state index in [1.807, 2.05) is 18.2 Å². The second-order valence-electron chi connectivity index (χ2n) is 7.96. The second-order valence-corrected chi connectivity index (χ2v) is 9.06. The van der Waals surface area contributed by atoms with E-state index in [4.69, 9.17) is 10.7 Å². The summed E-state index contributed by atoms with van der Waals surface area (Å²) in [6.07, 6.45) is 5.17. The van der Waals surface area contributed by atoms with Gasteiger partial charge in [-0.1, -0.05) is 18.2 Å². The van der Waals surface area contributed by atoms with E-state index in [0.29, 0.717) is 24.6 Å². The lowest BCUT2D eigenvalue weighted by molar-refractivity contribution is 0.492. The number of aromatic nitrogens is 2. The van der Waals surface area contributed by atoms with Gasteiger partial charge in [-0.2, -0.15) is 5.26 Å². The lowest BCUT2D eigenvalue weighted by Gasteiger charge is -2.33. The Balaban J connectivity index is 1.70. The zero-order valence-corrected chi connectivity index (χ0v) is 17.0. The first-order valence-electron chi connectivity index (χ1n) is 10.2. The van der Waals surface area contributed by atoms with E-state index in [2.05, 4.69) is 11.0 Å². The van der Waals surface area contributed by atoms with Gasteiger partial charge in [0.25, 0.3) is 5.56 Å². The van der Waals surface area contributed by atoms with E-state index >= 15 is 0 Å². The summed E-state index contributed by atoms with van der Waals surface area (Å²) < 4.78 is 2.50. The fourth-order valence-electron chi connectivity index (χ4n) is 4.54. The van der Waals surface area contributed by atoms with Crippen LogP contribution in [0.25, 0.3) is 10.2 Å². The Hall–Kier alpha value is -2.69. The molecule has 148 valence electrons. The summed E-state index contributed by atoms with van der Waals surface area (Å²) in [7, 11) is 0. The molecule has 2 aromatic heterocycles.